The van der Waals surface area contributed by atoms with Gasteiger partial charge in [0.1, 0.15) is 42.4 Å². The maximum Gasteiger partial charge on any atom is 0.407 e. The number of H-pyrrole nitrogens is 2. The normalized spacial score (nSPS) is 21.8. The number of methoxy groups -OCH3 is 1. The number of ether oxygens (including phenoxy) is 3. The molecule has 2 aromatic carbocycles. The van der Waals surface area contributed by atoms with Gasteiger partial charge in [0.05, 0.1) is 43.0 Å². The lowest BCUT2D eigenvalue weighted by Crippen LogP contribution is -2.48. The highest BCUT2D eigenvalue weighted by molar-refractivity contribution is 5.89. The van der Waals surface area contributed by atoms with E-state index in [-0.39, 0.29) is 29.8 Å². The van der Waals surface area contributed by atoms with Gasteiger partial charge < -0.3 is 39.3 Å². The third-order valence-corrected chi connectivity index (χ3v) is 11.1. The lowest BCUT2D eigenvalue weighted by Gasteiger charge is -2.30. The summed E-state index contributed by atoms with van der Waals surface area (Å²) in [5.41, 5.74) is 7.75. The molecule has 2 saturated heterocycles. The number of alkyl carbamates (subject to hydrolysis) is 1. The molecule has 0 radical (unpaired) electrons. The van der Waals surface area contributed by atoms with Crippen molar-refractivity contribution in [2.45, 2.75) is 91.1 Å². The fourth-order valence-corrected chi connectivity index (χ4v) is 8.52. The molecule has 2 fully saturated rings. The second-order valence-corrected chi connectivity index (χ2v) is 15.1. The van der Waals surface area contributed by atoms with Gasteiger partial charge in [0.2, 0.25) is 11.8 Å². The zero-order valence-electron chi connectivity index (χ0n) is 31.0. The smallest absolute Gasteiger partial charge is 0.407 e. The Morgan fingerprint density at radius 1 is 0.849 bits per heavy atom. The van der Waals surface area contributed by atoms with Crippen molar-refractivity contribution >= 4 is 17.9 Å². The first-order chi connectivity index (χ1) is 25.6. The molecule has 0 saturated carbocycles. The van der Waals surface area contributed by atoms with Crippen LogP contribution in [0.3, 0.4) is 0 Å². The Morgan fingerprint density at radius 3 is 1.89 bits per heavy atom. The van der Waals surface area contributed by atoms with Gasteiger partial charge in [-0.25, -0.2) is 14.8 Å². The molecule has 0 spiro atoms. The maximum atomic E-state index is 13.6. The molecule has 2 aromatic heterocycles. The number of hydrogen-bond acceptors (Lipinski definition) is 8. The Bertz CT molecular complexity index is 2020. The summed E-state index contributed by atoms with van der Waals surface area (Å²) >= 11 is 0. The van der Waals surface area contributed by atoms with Gasteiger partial charge in [-0.3, -0.25) is 9.59 Å². The summed E-state index contributed by atoms with van der Waals surface area (Å²) in [5.74, 6) is 3.87. The van der Waals surface area contributed by atoms with Gasteiger partial charge in [0.15, 0.2) is 0 Å². The minimum Gasteiger partial charge on any atom is -0.488 e. The second-order valence-electron chi connectivity index (χ2n) is 15.1. The molecule has 5 atom stereocenters. The van der Waals surface area contributed by atoms with Crippen molar-refractivity contribution in [3.8, 4) is 45.1 Å². The molecule has 3 amide bonds. The van der Waals surface area contributed by atoms with Crippen molar-refractivity contribution in [3.63, 3.8) is 0 Å². The topological polar surface area (TPSA) is 155 Å². The van der Waals surface area contributed by atoms with Gasteiger partial charge in [0, 0.05) is 52.9 Å². The lowest BCUT2D eigenvalue weighted by atomic mass is 9.87. The quantitative estimate of drug-likeness (QED) is 0.173. The fraction of sp³-hybridized carbons (Fsp3) is 0.475. The van der Waals surface area contributed by atoms with Crippen molar-refractivity contribution in [3.05, 3.63) is 59.4 Å². The number of imidazole rings is 2. The van der Waals surface area contributed by atoms with E-state index in [9.17, 15) is 14.4 Å². The van der Waals surface area contributed by atoms with Crippen LogP contribution in [-0.2, 0) is 27.5 Å². The fourth-order valence-electron chi connectivity index (χ4n) is 8.52. The van der Waals surface area contributed by atoms with E-state index < -0.39 is 12.1 Å². The predicted molar refractivity (Wildman–Crippen MR) is 197 cm³/mol. The third kappa shape index (κ3) is 6.29. The van der Waals surface area contributed by atoms with E-state index in [1.54, 1.807) is 6.20 Å². The van der Waals surface area contributed by atoms with Crippen LogP contribution in [0.2, 0.25) is 0 Å². The lowest BCUT2D eigenvalue weighted by molar-refractivity contribution is -0.134. The minimum atomic E-state index is -0.676. The summed E-state index contributed by atoms with van der Waals surface area (Å²) in [6.07, 6.45) is 6.53. The van der Waals surface area contributed by atoms with Crippen molar-refractivity contribution in [2.75, 3.05) is 20.2 Å². The van der Waals surface area contributed by atoms with Crippen LogP contribution in [-0.4, -0.2) is 73.9 Å². The van der Waals surface area contributed by atoms with Crippen LogP contribution < -0.4 is 14.8 Å². The number of likely N-dealkylation sites (tertiary alicyclic amines) is 2. The van der Waals surface area contributed by atoms with E-state index >= 15 is 0 Å². The predicted octanol–water partition coefficient (Wildman–Crippen LogP) is 6.67. The number of rotatable bonds is 9. The van der Waals surface area contributed by atoms with Crippen molar-refractivity contribution in [2.24, 2.45) is 11.8 Å². The van der Waals surface area contributed by atoms with E-state index in [4.69, 9.17) is 24.2 Å². The number of carbonyl (C=O) groups excluding carboxylic acids is 3. The number of aromatic nitrogens is 4. The van der Waals surface area contributed by atoms with Crippen LogP contribution in [0.5, 0.6) is 11.5 Å². The summed E-state index contributed by atoms with van der Waals surface area (Å²) in [6, 6.07) is 7.41. The van der Waals surface area contributed by atoms with Crippen molar-refractivity contribution in [1.29, 1.82) is 0 Å². The van der Waals surface area contributed by atoms with Crippen molar-refractivity contribution < 1.29 is 28.6 Å². The highest BCUT2D eigenvalue weighted by atomic mass is 16.5. The van der Waals surface area contributed by atoms with Crippen LogP contribution in [0.15, 0.2) is 36.7 Å². The monoisotopic (exact) mass is 721 g/mol. The summed E-state index contributed by atoms with van der Waals surface area (Å²) < 4.78 is 17.6. The Labute approximate surface area is 308 Å². The number of amides is 3. The van der Waals surface area contributed by atoms with Crippen LogP contribution in [0, 0.1) is 11.8 Å². The molecule has 13 nitrogen and oxygen atoms in total. The van der Waals surface area contributed by atoms with Crippen LogP contribution in [0.1, 0.15) is 94.7 Å². The highest BCUT2D eigenvalue weighted by Gasteiger charge is 2.39. The average Bonchev–Trinajstić information content (AvgIpc) is 3.98. The van der Waals surface area contributed by atoms with E-state index in [1.807, 2.05) is 35.9 Å². The van der Waals surface area contributed by atoms with E-state index in [2.05, 4.69) is 47.3 Å². The molecule has 1 unspecified atom stereocenters. The summed E-state index contributed by atoms with van der Waals surface area (Å²) in [5, 5.41) is 2.67. The number of aromatic amines is 2. The largest absolute Gasteiger partial charge is 0.488 e. The molecule has 8 rings (SSSR count). The van der Waals surface area contributed by atoms with Gasteiger partial charge in [-0.15, -0.1) is 0 Å². The van der Waals surface area contributed by atoms with Crippen LogP contribution in [0.25, 0.3) is 33.6 Å². The Kier molecular flexibility index (Phi) is 9.11. The first-order valence-electron chi connectivity index (χ1n) is 18.8. The van der Waals surface area contributed by atoms with Gasteiger partial charge >= 0.3 is 6.09 Å². The van der Waals surface area contributed by atoms with Gasteiger partial charge in [-0.1, -0.05) is 27.7 Å². The van der Waals surface area contributed by atoms with E-state index in [1.165, 1.54) is 7.11 Å². The zero-order chi connectivity index (χ0) is 37.0. The molecular formula is C40H47N7O6. The molecule has 0 bridgehead atoms. The molecular weight excluding hydrogens is 674 g/mol. The second kappa shape index (κ2) is 13.9. The van der Waals surface area contributed by atoms with Gasteiger partial charge in [-0.05, 0) is 61.8 Å². The molecule has 4 aliphatic rings. The van der Waals surface area contributed by atoms with Crippen LogP contribution in [0.4, 0.5) is 4.79 Å². The number of nitrogens with one attached hydrogen (secondary N) is 3. The van der Waals surface area contributed by atoms with Gasteiger partial charge in [0.25, 0.3) is 0 Å². The third-order valence-electron chi connectivity index (χ3n) is 11.1. The Hall–Kier alpha value is -5.33. The standard InChI is InChI=1S/C40H47N7O6/c1-6-8-34(48)46-17-21(3)9-30(46)37-41-15-28(43-37)23-11-25-19-53-33-14-24(12-26-20-52-32(13-23)35(25)36(26)33)29-16-42-38(44-29)31-10-22(4)18-47(31)39(49)27(7-2)45-40(50)51-5/h11-16,21-22,27,30-31H,6-10,17-20H2,1-5H3,(H,41,43)(H,42,44)(H,45,50)/t21-,22-,27-,30-,31?/m0/s1. The van der Waals surface area contributed by atoms with Crippen molar-refractivity contribution in [1.82, 2.24) is 35.1 Å². The van der Waals surface area contributed by atoms with Crippen LogP contribution >= 0.6 is 0 Å². The Morgan fingerprint density at radius 2 is 1.38 bits per heavy atom. The van der Waals surface area contributed by atoms with E-state index in [0.29, 0.717) is 44.3 Å². The zero-order valence-corrected chi connectivity index (χ0v) is 31.0. The molecule has 3 N–H and O–H groups in total. The molecule has 278 valence electrons. The molecule has 4 aliphatic heterocycles. The summed E-state index contributed by atoms with van der Waals surface area (Å²) in [4.78, 5) is 58.7. The summed E-state index contributed by atoms with van der Waals surface area (Å²) in [6.45, 7) is 10.3. The Balaban J connectivity index is 1.04. The molecule has 4 aromatic rings. The molecule has 53 heavy (non-hydrogen) atoms. The molecule has 13 heteroatoms. The minimum absolute atomic E-state index is 0.0464. The molecule has 6 heterocycles. The maximum absolute atomic E-state index is 13.6. The SMILES string of the molecule is CCCC(=O)N1C[C@@H](C)C[C@H]1c1ncc(-c2cc3c4c(c2)OCc2cc(-c5cnc(C6C[C@H](C)CN6C(=O)[C@H](CC)NC(=O)OC)[nH]5)cc(c2-4)OC3)[nH]1. The average molecular weight is 722 g/mol. The first kappa shape index (κ1) is 34.7. The van der Waals surface area contributed by atoms with Gasteiger partial charge in [-0.2, -0.15) is 0 Å². The van der Waals surface area contributed by atoms with E-state index in [0.717, 1.165) is 87.9 Å². The molecule has 0 aliphatic carbocycles. The highest BCUT2D eigenvalue weighted by Crippen LogP contribution is 2.51. The summed E-state index contributed by atoms with van der Waals surface area (Å²) in [7, 11) is 1.29. The number of carbonyl (C=O) groups is 3. The number of hydrogen-bond donors (Lipinski definition) is 3. The number of nitrogens with zero attached hydrogens (tertiary/aromatic N) is 4. The first-order valence-corrected chi connectivity index (χ1v) is 18.8. The number of benzene rings is 2.